The molecule has 0 spiro atoms. The minimum Gasteiger partial charge on any atom is -0.224 e. The normalized spacial score (nSPS) is 11.1. The average molecular weight is 299 g/mol. The van der Waals surface area contributed by atoms with Crippen LogP contribution >= 0.6 is 0 Å². The lowest BCUT2D eigenvalue weighted by Gasteiger charge is -2.04. The van der Waals surface area contributed by atoms with Gasteiger partial charge in [0.05, 0.1) is 10.6 Å². The van der Waals surface area contributed by atoms with Crippen LogP contribution < -0.4 is 0 Å². The first kappa shape index (κ1) is 16.5. The van der Waals surface area contributed by atoms with Gasteiger partial charge in [-0.05, 0) is 42.6 Å². The van der Waals surface area contributed by atoms with Crippen molar-refractivity contribution in [2.24, 2.45) is 5.11 Å². The zero-order chi connectivity index (χ0) is 14.8. The fourth-order valence-electron chi connectivity index (χ4n) is 1.81. The van der Waals surface area contributed by atoms with Crippen molar-refractivity contribution >= 4 is 9.84 Å². The summed E-state index contributed by atoms with van der Waals surface area (Å²) >= 11 is 0. The molecule has 0 aliphatic rings. The Hall–Kier alpha value is -1.59. The van der Waals surface area contributed by atoms with E-state index in [9.17, 15) is 12.8 Å². The highest BCUT2D eigenvalue weighted by Crippen LogP contribution is 2.14. The van der Waals surface area contributed by atoms with E-state index in [0.29, 0.717) is 13.0 Å². The number of rotatable bonds is 9. The van der Waals surface area contributed by atoms with Gasteiger partial charge in [-0.3, -0.25) is 0 Å². The summed E-state index contributed by atoms with van der Waals surface area (Å²) in [6.45, 7) is 0.490. The quantitative estimate of drug-likeness (QED) is 0.228. The Kier molecular flexibility index (Phi) is 7.04. The molecule has 0 amide bonds. The van der Waals surface area contributed by atoms with E-state index >= 15 is 0 Å². The highest BCUT2D eigenvalue weighted by atomic mass is 32.2. The Morgan fingerprint density at radius 1 is 1.05 bits per heavy atom. The number of azide groups is 1. The molecule has 1 rings (SSSR count). The largest absolute Gasteiger partial charge is 0.224 e. The van der Waals surface area contributed by atoms with Crippen molar-refractivity contribution in [3.8, 4) is 0 Å². The predicted octanol–water partition coefficient (Wildman–Crippen LogP) is 3.86. The molecule has 0 N–H and O–H groups in total. The maximum atomic E-state index is 12.7. The summed E-state index contributed by atoms with van der Waals surface area (Å²) in [6, 6.07) is 4.90. The van der Waals surface area contributed by atoms with Gasteiger partial charge in [0.25, 0.3) is 0 Å². The molecule has 0 atom stereocenters. The van der Waals surface area contributed by atoms with Gasteiger partial charge in [0.15, 0.2) is 9.84 Å². The molecule has 0 radical (unpaired) electrons. The van der Waals surface area contributed by atoms with Gasteiger partial charge in [0.2, 0.25) is 0 Å². The lowest BCUT2D eigenvalue weighted by Crippen LogP contribution is -2.06. The van der Waals surface area contributed by atoms with E-state index in [1.54, 1.807) is 0 Å². The monoisotopic (exact) mass is 299 g/mol. The molecule has 0 bridgehead atoms. The predicted molar refractivity (Wildman–Crippen MR) is 75.6 cm³/mol. The van der Waals surface area contributed by atoms with Crippen LogP contribution in [0.1, 0.15) is 32.1 Å². The third-order valence-corrected chi connectivity index (χ3v) is 4.72. The van der Waals surface area contributed by atoms with E-state index in [2.05, 4.69) is 10.0 Å². The Bertz CT molecular complexity index is 551. The first-order chi connectivity index (χ1) is 9.56. The van der Waals surface area contributed by atoms with E-state index in [-0.39, 0.29) is 10.6 Å². The van der Waals surface area contributed by atoms with Crippen LogP contribution in [0, 0.1) is 5.82 Å². The SMILES string of the molecule is [N-]=[N+]=NCCCCCCCS(=O)(=O)c1ccc(F)cc1. The van der Waals surface area contributed by atoms with E-state index in [0.717, 1.165) is 37.8 Å². The summed E-state index contributed by atoms with van der Waals surface area (Å²) in [4.78, 5) is 2.83. The molecule has 1 aromatic rings. The van der Waals surface area contributed by atoms with Gasteiger partial charge >= 0.3 is 0 Å². The summed E-state index contributed by atoms with van der Waals surface area (Å²) in [7, 11) is -3.31. The van der Waals surface area contributed by atoms with Crippen LogP contribution in [-0.4, -0.2) is 20.7 Å². The van der Waals surface area contributed by atoms with Crippen molar-refractivity contribution in [3.05, 3.63) is 40.5 Å². The smallest absolute Gasteiger partial charge is 0.178 e. The van der Waals surface area contributed by atoms with Gasteiger partial charge in [-0.25, -0.2) is 12.8 Å². The van der Waals surface area contributed by atoms with E-state index < -0.39 is 15.7 Å². The van der Waals surface area contributed by atoms with Crippen molar-refractivity contribution in [2.45, 2.75) is 37.0 Å². The number of unbranched alkanes of at least 4 members (excludes halogenated alkanes) is 4. The number of sulfone groups is 1. The Labute approximate surface area is 118 Å². The van der Waals surface area contributed by atoms with Gasteiger partial charge < -0.3 is 0 Å². The molecule has 7 heteroatoms. The topological polar surface area (TPSA) is 82.9 Å². The van der Waals surface area contributed by atoms with Crippen molar-refractivity contribution in [3.63, 3.8) is 0 Å². The fraction of sp³-hybridized carbons (Fsp3) is 0.538. The lowest BCUT2D eigenvalue weighted by atomic mass is 10.2. The summed E-state index contributed by atoms with van der Waals surface area (Å²) in [6.07, 6.45) is 4.07. The molecular weight excluding hydrogens is 281 g/mol. The second-order valence-electron chi connectivity index (χ2n) is 4.50. The van der Waals surface area contributed by atoms with Gasteiger partial charge in [0.1, 0.15) is 5.82 Å². The molecular formula is C13H18FN3O2S. The minimum atomic E-state index is -3.31. The van der Waals surface area contributed by atoms with Crippen molar-refractivity contribution in [2.75, 3.05) is 12.3 Å². The molecule has 1 aromatic carbocycles. The molecule has 5 nitrogen and oxygen atoms in total. The standard InChI is InChI=1S/C13H18FN3O2S/c14-12-6-8-13(9-7-12)20(18,19)11-5-3-1-2-4-10-16-17-15/h6-9H,1-5,10-11H2. The Balaban J connectivity index is 2.27. The van der Waals surface area contributed by atoms with Crippen LogP contribution in [0.3, 0.4) is 0 Å². The molecule has 0 aliphatic heterocycles. The van der Waals surface area contributed by atoms with Gasteiger partial charge in [-0.1, -0.05) is 24.4 Å². The van der Waals surface area contributed by atoms with E-state index in [1.165, 1.54) is 12.1 Å². The van der Waals surface area contributed by atoms with Crippen LogP contribution in [0.15, 0.2) is 34.3 Å². The second kappa shape index (κ2) is 8.55. The molecule has 0 saturated heterocycles. The second-order valence-corrected chi connectivity index (χ2v) is 6.60. The number of halogens is 1. The zero-order valence-corrected chi connectivity index (χ0v) is 12.0. The number of hydrogen-bond donors (Lipinski definition) is 0. The van der Waals surface area contributed by atoms with Crippen LogP contribution in [-0.2, 0) is 9.84 Å². The van der Waals surface area contributed by atoms with E-state index in [1.807, 2.05) is 0 Å². The summed E-state index contributed by atoms with van der Waals surface area (Å²) in [5.74, 6) is -0.362. The number of benzene rings is 1. The zero-order valence-electron chi connectivity index (χ0n) is 11.2. The Morgan fingerprint density at radius 2 is 1.65 bits per heavy atom. The van der Waals surface area contributed by atoms with Crippen LogP contribution in [0.5, 0.6) is 0 Å². The summed E-state index contributed by atoms with van der Waals surface area (Å²) in [5, 5.41) is 3.43. The van der Waals surface area contributed by atoms with Crippen molar-refractivity contribution in [1.82, 2.24) is 0 Å². The molecule has 0 fully saturated rings. The van der Waals surface area contributed by atoms with Crippen LogP contribution in [0.25, 0.3) is 10.4 Å². The molecule has 110 valence electrons. The highest BCUT2D eigenvalue weighted by Gasteiger charge is 2.13. The highest BCUT2D eigenvalue weighted by molar-refractivity contribution is 7.91. The molecule has 0 aromatic heterocycles. The maximum absolute atomic E-state index is 12.7. The molecule has 0 saturated carbocycles. The maximum Gasteiger partial charge on any atom is 0.178 e. The van der Waals surface area contributed by atoms with Crippen molar-refractivity contribution < 1.29 is 12.8 Å². The molecule has 0 unspecified atom stereocenters. The lowest BCUT2D eigenvalue weighted by molar-refractivity contribution is 0.584. The number of nitrogens with zero attached hydrogens (tertiary/aromatic N) is 3. The van der Waals surface area contributed by atoms with E-state index in [4.69, 9.17) is 5.53 Å². The molecule has 0 aliphatic carbocycles. The third-order valence-electron chi connectivity index (χ3n) is 2.91. The van der Waals surface area contributed by atoms with Gasteiger partial charge in [-0.2, -0.15) is 0 Å². The summed E-state index contributed by atoms with van der Waals surface area (Å²) in [5.41, 5.74) is 8.09. The first-order valence-electron chi connectivity index (χ1n) is 6.55. The summed E-state index contributed by atoms with van der Waals surface area (Å²) < 4.78 is 36.6. The van der Waals surface area contributed by atoms with Crippen LogP contribution in [0.2, 0.25) is 0 Å². The third kappa shape index (κ3) is 6.04. The van der Waals surface area contributed by atoms with Crippen molar-refractivity contribution in [1.29, 1.82) is 0 Å². The minimum absolute atomic E-state index is 0.0784. The molecule has 0 heterocycles. The average Bonchev–Trinajstić information content (AvgIpc) is 2.42. The fourth-order valence-corrected chi connectivity index (χ4v) is 3.18. The first-order valence-corrected chi connectivity index (χ1v) is 8.20. The van der Waals surface area contributed by atoms with Crippen LogP contribution in [0.4, 0.5) is 4.39 Å². The molecule has 20 heavy (non-hydrogen) atoms. The Morgan fingerprint density at radius 3 is 2.30 bits per heavy atom. The number of hydrogen-bond acceptors (Lipinski definition) is 3. The van der Waals surface area contributed by atoms with Gasteiger partial charge in [-0.15, -0.1) is 0 Å². The van der Waals surface area contributed by atoms with Gasteiger partial charge in [0, 0.05) is 11.5 Å².